The molecular formula is C16H17BrN2O. The number of rotatable bonds is 4. The van der Waals surface area contributed by atoms with Crippen LogP contribution >= 0.6 is 15.9 Å². The summed E-state index contributed by atoms with van der Waals surface area (Å²) in [4.78, 5) is 12.0. The number of anilines is 1. The lowest BCUT2D eigenvalue weighted by molar-refractivity contribution is 0.0951. The van der Waals surface area contributed by atoms with Gasteiger partial charge in [0.15, 0.2) is 0 Å². The molecule has 0 radical (unpaired) electrons. The van der Waals surface area contributed by atoms with E-state index in [-0.39, 0.29) is 5.91 Å². The molecule has 3 N–H and O–H groups in total. The highest BCUT2D eigenvalue weighted by Gasteiger charge is 2.07. The summed E-state index contributed by atoms with van der Waals surface area (Å²) in [5.41, 5.74) is 9.30. The maximum atomic E-state index is 12.0. The number of amides is 1. The van der Waals surface area contributed by atoms with Gasteiger partial charge in [-0.2, -0.15) is 0 Å². The van der Waals surface area contributed by atoms with Crippen molar-refractivity contribution in [2.45, 2.75) is 19.9 Å². The predicted molar refractivity (Wildman–Crippen MR) is 85.5 cm³/mol. The minimum absolute atomic E-state index is 0.106. The van der Waals surface area contributed by atoms with Crippen molar-refractivity contribution in [2.24, 2.45) is 0 Å². The summed E-state index contributed by atoms with van der Waals surface area (Å²) < 4.78 is 0.734. The Kier molecular flexibility index (Phi) is 4.79. The lowest BCUT2D eigenvalue weighted by Gasteiger charge is -2.07. The van der Waals surface area contributed by atoms with Crippen LogP contribution in [0.2, 0.25) is 0 Å². The van der Waals surface area contributed by atoms with E-state index in [1.807, 2.05) is 12.1 Å². The standard InChI is InChI=1S/C16H17BrN2O/c1-2-11-3-5-12(6-4-11)10-19-16(20)13-7-8-15(18)14(17)9-13/h3-9H,2,10,18H2,1H3,(H,19,20). The Balaban J connectivity index is 1.98. The maximum absolute atomic E-state index is 12.0. The second-order valence-corrected chi connectivity index (χ2v) is 5.44. The topological polar surface area (TPSA) is 55.1 Å². The Bertz CT molecular complexity index is 608. The highest BCUT2D eigenvalue weighted by molar-refractivity contribution is 9.10. The summed E-state index contributed by atoms with van der Waals surface area (Å²) in [7, 11) is 0. The monoisotopic (exact) mass is 332 g/mol. The minimum atomic E-state index is -0.106. The molecule has 0 aliphatic carbocycles. The van der Waals surface area contributed by atoms with E-state index in [2.05, 4.69) is 40.3 Å². The smallest absolute Gasteiger partial charge is 0.251 e. The van der Waals surface area contributed by atoms with Gasteiger partial charge in [-0.25, -0.2) is 0 Å². The molecule has 0 fully saturated rings. The van der Waals surface area contributed by atoms with Gasteiger partial charge in [-0.05, 0) is 51.7 Å². The van der Waals surface area contributed by atoms with Crippen LogP contribution in [0.25, 0.3) is 0 Å². The summed E-state index contributed by atoms with van der Waals surface area (Å²) in [5, 5.41) is 2.90. The SMILES string of the molecule is CCc1ccc(CNC(=O)c2ccc(N)c(Br)c2)cc1. The summed E-state index contributed by atoms with van der Waals surface area (Å²) in [6, 6.07) is 13.4. The molecule has 1 amide bonds. The first-order valence-corrected chi connectivity index (χ1v) is 7.30. The van der Waals surface area contributed by atoms with Crippen molar-refractivity contribution in [3.05, 3.63) is 63.6 Å². The molecule has 0 spiro atoms. The number of carbonyl (C=O) groups excluding carboxylic acids is 1. The summed E-state index contributed by atoms with van der Waals surface area (Å²) in [5.74, 6) is -0.106. The van der Waals surface area contributed by atoms with E-state index in [9.17, 15) is 4.79 Å². The van der Waals surface area contributed by atoms with Crippen LogP contribution in [-0.2, 0) is 13.0 Å². The third-order valence-electron chi connectivity index (χ3n) is 3.15. The van der Waals surface area contributed by atoms with Gasteiger partial charge in [0.1, 0.15) is 0 Å². The van der Waals surface area contributed by atoms with Crippen LogP contribution in [0.4, 0.5) is 5.69 Å². The molecular weight excluding hydrogens is 316 g/mol. The highest BCUT2D eigenvalue weighted by atomic mass is 79.9. The van der Waals surface area contributed by atoms with Gasteiger partial charge in [-0.3, -0.25) is 4.79 Å². The van der Waals surface area contributed by atoms with Crippen molar-refractivity contribution in [1.82, 2.24) is 5.32 Å². The first-order valence-electron chi connectivity index (χ1n) is 6.51. The molecule has 0 aromatic heterocycles. The summed E-state index contributed by atoms with van der Waals surface area (Å²) in [6.07, 6.45) is 1.02. The van der Waals surface area contributed by atoms with Gasteiger partial charge in [-0.1, -0.05) is 31.2 Å². The number of benzene rings is 2. The van der Waals surface area contributed by atoms with E-state index >= 15 is 0 Å². The number of aryl methyl sites for hydroxylation is 1. The first kappa shape index (κ1) is 14.6. The molecule has 104 valence electrons. The summed E-state index contributed by atoms with van der Waals surface area (Å²) in [6.45, 7) is 2.64. The van der Waals surface area contributed by atoms with Crippen LogP contribution < -0.4 is 11.1 Å². The van der Waals surface area contributed by atoms with Crippen LogP contribution in [0.5, 0.6) is 0 Å². The Morgan fingerprint density at radius 1 is 1.15 bits per heavy atom. The number of halogens is 1. The molecule has 0 saturated heterocycles. The van der Waals surface area contributed by atoms with Gasteiger partial charge in [0, 0.05) is 22.3 Å². The van der Waals surface area contributed by atoms with Gasteiger partial charge in [0.05, 0.1) is 0 Å². The predicted octanol–water partition coefficient (Wildman–Crippen LogP) is 3.52. The number of hydrogen-bond acceptors (Lipinski definition) is 2. The molecule has 2 rings (SSSR count). The molecule has 20 heavy (non-hydrogen) atoms. The van der Waals surface area contributed by atoms with Crippen LogP contribution in [0.15, 0.2) is 46.9 Å². The molecule has 0 aliphatic heterocycles. The lowest BCUT2D eigenvalue weighted by atomic mass is 10.1. The molecule has 0 heterocycles. The fourth-order valence-corrected chi connectivity index (χ4v) is 2.22. The van der Waals surface area contributed by atoms with E-state index in [1.165, 1.54) is 5.56 Å². The summed E-state index contributed by atoms with van der Waals surface area (Å²) >= 11 is 3.32. The van der Waals surface area contributed by atoms with Crippen molar-refractivity contribution in [3.8, 4) is 0 Å². The van der Waals surface area contributed by atoms with Crippen LogP contribution in [0.1, 0.15) is 28.4 Å². The van der Waals surface area contributed by atoms with Gasteiger partial charge in [-0.15, -0.1) is 0 Å². The fourth-order valence-electron chi connectivity index (χ4n) is 1.85. The van der Waals surface area contributed by atoms with Gasteiger partial charge >= 0.3 is 0 Å². The molecule has 0 saturated carbocycles. The van der Waals surface area contributed by atoms with Gasteiger partial charge < -0.3 is 11.1 Å². The Hall–Kier alpha value is -1.81. The number of nitrogens with one attached hydrogen (secondary N) is 1. The molecule has 0 atom stereocenters. The molecule has 3 nitrogen and oxygen atoms in total. The molecule has 0 unspecified atom stereocenters. The number of nitrogens with two attached hydrogens (primary N) is 1. The lowest BCUT2D eigenvalue weighted by Crippen LogP contribution is -2.22. The molecule has 2 aromatic rings. The molecule has 2 aromatic carbocycles. The van der Waals surface area contributed by atoms with Crippen molar-refractivity contribution >= 4 is 27.5 Å². The van der Waals surface area contributed by atoms with Crippen molar-refractivity contribution in [1.29, 1.82) is 0 Å². The molecule has 0 aliphatic rings. The number of hydrogen-bond donors (Lipinski definition) is 2. The first-order chi connectivity index (χ1) is 9.60. The fraction of sp³-hybridized carbons (Fsp3) is 0.188. The minimum Gasteiger partial charge on any atom is -0.398 e. The zero-order chi connectivity index (χ0) is 14.5. The second kappa shape index (κ2) is 6.57. The van der Waals surface area contributed by atoms with Crippen molar-refractivity contribution in [3.63, 3.8) is 0 Å². The van der Waals surface area contributed by atoms with Crippen molar-refractivity contribution < 1.29 is 4.79 Å². The van der Waals surface area contributed by atoms with E-state index < -0.39 is 0 Å². The number of nitrogen functional groups attached to an aromatic ring is 1. The van der Waals surface area contributed by atoms with Gasteiger partial charge in [0.25, 0.3) is 5.91 Å². The third-order valence-corrected chi connectivity index (χ3v) is 3.83. The highest BCUT2D eigenvalue weighted by Crippen LogP contribution is 2.20. The zero-order valence-electron chi connectivity index (χ0n) is 11.3. The average molecular weight is 333 g/mol. The van der Waals surface area contributed by atoms with Crippen LogP contribution in [-0.4, -0.2) is 5.91 Å². The van der Waals surface area contributed by atoms with Crippen molar-refractivity contribution in [2.75, 3.05) is 5.73 Å². The van der Waals surface area contributed by atoms with E-state index in [1.54, 1.807) is 18.2 Å². The second-order valence-electron chi connectivity index (χ2n) is 4.59. The average Bonchev–Trinajstić information content (AvgIpc) is 2.48. The maximum Gasteiger partial charge on any atom is 0.251 e. The molecule has 0 bridgehead atoms. The Morgan fingerprint density at radius 3 is 2.40 bits per heavy atom. The van der Waals surface area contributed by atoms with Crippen LogP contribution in [0, 0.1) is 0 Å². The largest absolute Gasteiger partial charge is 0.398 e. The zero-order valence-corrected chi connectivity index (χ0v) is 12.9. The van der Waals surface area contributed by atoms with E-state index in [0.717, 1.165) is 16.5 Å². The quantitative estimate of drug-likeness (QED) is 0.841. The Labute approximate surface area is 127 Å². The molecule has 4 heteroatoms. The van der Waals surface area contributed by atoms with Gasteiger partial charge in [0.2, 0.25) is 0 Å². The third kappa shape index (κ3) is 3.61. The van der Waals surface area contributed by atoms with Crippen LogP contribution in [0.3, 0.4) is 0 Å². The normalized spacial score (nSPS) is 10.3. The van der Waals surface area contributed by atoms with E-state index in [4.69, 9.17) is 5.73 Å². The number of carbonyl (C=O) groups is 1. The Morgan fingerprint density at radius 2 is 1.80 bits per heavy atom. The van der Waals surface area contributed by atoms with E-state index in [0.29, 0.717) is 17.8 Å².